The molecule has 0 bridgehead atoms. The Morgan fingerprint density at radius 2 is 1.81 bits per heavy atom. The molecule has 2 unspecified atom stereocenters. The number of amidine groups is 1. The molecule has 2 atom stereocenters. The number of aromatic nitrogens is 2. The van der Waals surface area contributed by atoms with Gasteiger partial charge in [0.1, 0.15) is 0 Å². The molecule has 1 aromatic heterocycles. The minimum atomic E-state index is 0.0831. The number of hydrogen-bond donors (Lipinski definition) is 2. The van der Waals surface area contributed by atoms with Crippen LogP contribution in [0.2, 0.25) is 0 Å². The fourth-order valence-electron chi connectivity index (χ4n) is 2.75. The average molecular weight is 292 g/mol. The highest BCUT2D eigenvalue weighted by Crippen LogP contribution is 2.25. The number of nitrogens with two attached hydrogens (primary N) is 1. The van der Waals surface area contributed by atoms with Crippen LogP contribution in [0.15, 0.2) is 5.16 Å². The summed E-state index contributed by atoms with van der Waals surface area (Å²) in [6.07, 6.45) is 0. The number of likely N-dealkylation sites (N-methyl/N-ethyl adjacent to an activating group) is 1. The van der Waals surface area contributed by atoms with Crippen molar-refractivity contribution in [2.24, 2.45) is 10.9 Å². The van der Waals surface area contributed by atoms with Crippen LogP contribution in [-0.2, 0) is 0 Å². The van der Waals surface area contributed by atoms with Gasteiger partial charge in [0.25, 0.3) is 0 Å². The highest BCUT2D eigenvalue weighted by molar-refractivity contribution is 6.02. The molecule has 2 rings (SSSR count). The second-order valence-corrected chi connectivity index (χ2v) is 5.86. The van der Waals surface area contributed by atoms with E-state index in [0.717, 1.165) is 24.3 Å². The largest absolute Gasteiger partial charge is 0.409 e. The first-order valence-electron chi connectivity index (χ1n) is 7.15. The molecule has 1 saturated heterocycles. The molecule has 3 N–H and O–H groups in total. The number of oxime groups is 1. The Labute approximate surface area is 125 Å². The van der Waals surface area contributed by atoms with E-state index < -0.39 is 0 Å². The van der Waals surface area contributed by atoms with Crippen molar-refractivity contribution in [1.82, 2.24) is 15.1 Å². The summed E-state index contributed by atoms with van der Waals surface area (Å²) in [5.74, 6) is 0.778. The highest BCUT2D eigenvalue weighted by Gasteiger charge is 2.30. The molecule has 21 heavy (non-hydrogen) atoms. The van der Waals surface area contributed by atoms with Crippen molar-refractivity contribution < 1.29 is 5.21 Å². The molecule has 0 saturated carbocycles. The molecule has 1 fully saturated rings. The van der Waals surface area contributed by atoms with Crippen LogP contribution < -0.4 is 10.6 Å². The Morgan fingerprint density at radius 3 is 2.33 bits per heavy atom. The van der Waals surface area contributed by atoms with Crippen LogP contribution in [0.25, 0.3) is 0 Å². The molecule has 1 aromatic rings. The first-order chi connectivity index (χ1) is 9.86. The maximum atomic E-state index is 9.06. The summed E-state index contributed by atoms with van der Waals surface area (Å²) in [6.45, 7) is 9.83. The number of nitrogens with zero attached hydrogens (tertiary/aromatic N) is 5. The number of piperazine rings is 1. The second-order valence-electron chi connectivity index (χ2n) is 5.86. The summed E-state index contributed by atoms with van der Waals surface area (Å²) in [4.78, 5) is 4.51. The maximum absolute atomic E-state index is 9.06. The topological polar surface area (TPSA) is 90.9 Å². The van der Waals surface area contributed by atoms with Crippen LogP contribution in [0.4, 0.5) is 5.82 Å². The number of hydrogen-bond acceptors (Lipinski definition) is 6. The smallest absolute Gasteiger partial charge is 0.174 e. The van der Waals surface area contributed by atoms with Crippen molar-refractivity contribution in [3.63, 3.8) is 0 Å². The number of rotatable bonds is 2. The predicted octanol–water partition coefficient (Wildman–Crippen LogP) is 0.717. The van der Waals surface area contributed by atoms with Crippen molar-refractivity contribution in [3.8, 4) is 0 Å². The Balaban J connectivity index is 2.47. The third-order valence-electron chi connectivity index (χ3n) is 4.46. The van der Waals surface area contributed by atoms with Gasteiger partial charge >= 0.3 is 0 Å². The zero-order valence-corrected chi connectivity index (χ0v) is 13.3. The standard InChI is InChI=1S/C14H24N6O/c1-8-6-20(7-9(2)19(8)5)14-12(13(15)18-21)10(3)11(4)16-17-14/h8-9,21H,6-7H2,1-5H3,(H2,15,18). The molecule has 1 aliphatic rings. The fraction of sp³-hybridized carbons (Fsp3) is 0.643. The van der Waals surface area contributed by atoms with Crippen molar-refractivity contribution >= 4 is 11.7 Å². The third-order valence-corrected chi connectivity index (χ3v) is 4.46. The van der Waals surface area contributed by atoms with Gasteiger partial charge in [-0.3, -0.25) is 4.90 Å². The minimum absolute atomic E-state index is 0.0831. The average Bonchev–Trinajstić information content (AvgIpc) is 2.46. The van der Waals surface area contributed by atoms with E-state index >= 15 is 0 Å². The van der Waals surface area contributed by atoms with Gasteiger partial charge in [-0.25, -0.2) is 0 Å². The van der Waals surface area contributed by atoms with Crippen LogP contribution in [0.1, 0.15) is 30.7 Å². The lowest BCUT2D eigenvalue weighted by Crippen LogP contribution is -2.55. The van der Waals surface area contributed by atoms with Crippen molar-refractivity contribution in [1.29, 1.82) is 0 Å². The van der Waals surface area contributed by atoms with E-state index in [1.165, 1.54) is 0 Å². The summed E-state index contributed by atoms with van der Waals surface area (Å²) in [6, 6.07) is 0.801. The van der Waals surface area contributed by atoms with Gasteiger partial charge in [-0.05, 0) is 40.3 Å². The van der Waals surface area contributed by atoms with E-state index in [1.54, 1.807) is 0 Å². The Hall–Kier alpha value is -1.89. The molecule has 0 aliphatic carbocycles. The molecule has 0 spiro atoms. The molecule has 116 valence electrons. The lowest BCUT2D eigenvalue weighted by Gasteiger charge is -2.43. The Kier molecular flexibility index (Phi) is 4.32. The lowest BCUT2D eigenvalue weighted by molar-refractivity contribution is 0.169. The fourth-order valence-corrected chi connectivity index (χ4v) is 2.75. The van der Waals surface area contributed by atoms with Crippen LogP contribution in [0.5, 0.6) is 0 Å². The van der Waals surface area contributed by atoms with Gasteiger partial charge in [-0.2, -0.15) is 5.10 Å². The summed E-state index contributed by atoms with van der Waals surface area (Å²) < 4.78 is 0. The molecule has 0 aromatic carbocycles. The van der Waals surface area contributed by atoms with Gasteiger partial charge in [0, 0.05) is 25.2 Å². The SMILES string of the molecule is Cc1nnc(N2CC(C)N(C)C(C)C2)c(C(N)=NO)c1C. The van der Waals surface area contributed by atoms with E-state index in [2.05, 4.69) is 46.0 Å². The van der Waals surface area contributed by atoms with Crippen LogP contribution in [-0.4, -0.2) is 58.4 Å². The Bertz CT molecular complexity index is 547. The van der Waals surface area contributed by atoms with Gasteiger partial charge in [0.2, 0.25) is 0 Å². The van der Waals surface area contributed by atoms with Gasteiger partial charge in [-0.15, -0.1) is 5.10 Å². The molecule has 1 aliphatic heterocycles. The summed E-state index contributed by atoms with van der Waals surface area (Å²) >= 11 is 0. The zero-order valence-electron chi connectivity index (χ0n) is 13.3. The molecule has 0 amide bonds. The van der Waals surface area contributed by atoms with Crippen LogP contribution in [0.3, 0.4) is 0 Å². The normalized spacial score (nSPS) is 24.4. The monoisotopic (exact) mass is 292 g/mol. The molecular formula is C14H24N6O. The number of anilines is 1. The Morgan fingerprint density at radius 1 is 1.24 bits per heavy atom. The molecule has 7 nitrogen and oxygen atoms in total. The first-order valence-corrected chi connectivity index (χ1v) is 7.15. The maximum Gasteiger partial charge on any atom is 0.174 e. The summed E-state index contributed by atoms with van der Waals surface area (Å²) in [5, 5.41) is 20.7. The highest BCUT2D eigenvalue weighted by atomic mass is 16.4. The van der Waals surface area contributed by atoms with E-state index in [-0.39, 0.29) is 5.84 Å². The summed E-state index contributed by atoms with van der Waals surface area (Å²) in [7, 11) is 2.13. The lowest BCUT2D eigenvalue weighted by atomic mass is 10.0. The van der Waals surface area contributed by atoms with Gasteiger partial charge in [0.05, 0.1) is 11.3 Å². The van der Waals surface area contributed by atoms with Gasteiger partial charge < -0.3 is 15.8 Å². The third kappa shape index (κ3) is 2.78. The van der Waals surface area contributed by atoms with Crippen molar-refractivity contribution in [2.75, 3.05) is 25.0 Å². The van der Waals surface area contributed by atoms with E-state index in [4.69, 9.17) is 10.9 Å². The number of aryl methyl sites for hydroxylation is 1. The molecular weight excluding hydrogens is 268 g/mol. The zero-order chi connectivity index (χ0) is 15.7. The molecule has 7 heteroatoms. The van der Waals surface area contributed by atoms with Crippen molar-refractivity contribution in [2.45, 2.75) is 39.8 Å². The van der Waals surface area contributed by atoms with E-state index in [0.29, 0.717) is 23.5 Å². The first kappa shape index (κ1) is 15.5. The molecule has 0 radical (unpaired) electrons. The van der Waals surface area contributed by atoms with E-state index in [9.17, 15) is 0 Å². The molecule has 2 heterocycles. The second kappa shape index (κ2) is 5.85. The van der Waals surface area contributed by atoms with E-state index in [1.807, 2.05) is 13.8 Å². The quantitative estimate of drug-likeness (QED) is 0.361. The van der Waals surface area contributed by atoms with Crippen molar-refractivity contribution in [3.05, 3.63) is 16.8 Å². The summed E-state index contributed by atoms with van der Waals surface area (Å²) in [5.41, 5.74) is 8.22. The van der Waals surface area contributed by atoms with Crippen LogP contribution >= 0.6 is 0 Å². The minimum Gasteiger partial charge on any atom is -0.409 e. The predicted molar refractivity (Wildman–Crippen MR) is 82.9 cm³/mol. The van der Waals surface area contributed by atoms with Gasteiger partial charge in [-0.1, -0.05) is 5.16 Å². The van der Waals surface area contributed by atoms with Gasteiger partial charge in [0.15, 0.2) is 11.7 Å². The van der Waals surface area contributed by atoms with Crippen LogP contribution in [0, 0.1) is 13.8 Å².